The number of carbonyl (C=O) groups excluding carboxylic acids is 3. The lowest BCUT2D eigenvalue weighted by atomic mass is 9.62. The van der Waals surface area contributed by atoms with E-state index in [2.05, 4.69) is 10.6 Å². The Morgan fingerprint density at radius 1 is 0.889 bits per heavy atom. The first-order valence-corrected chi connectivity index (χ1v) is 15.6. The molecule has 4 aromatic carbocycles. The average molecular weight is 604 g/mol. The lowest BCUT2D eigenvalue weighted by Crippen LogP contribution is -2.57. The number of benzene rings is 4. The summed E-state index contributed by atoms with van der Waals surface area (Å²) in [6, 6.07) is 30.6. The first-order valence-electron chi connectivity index (χ1n) is 15.6. The van der Waals surface area contributed by atoms with Crippen molar-refractivity contribution in [2.75, 3.05) is 17.2 Å². The summed E-state index contributed by atoms with van der Waals surface area (Å²) < 4.78 is 6.88. The van der Waals surface area contributed by atoms with E-state index >= 15 is 0 Å². The Labute approximate surface area is 262 Å². The van der Waals surface area contributed by atoms with Gasteiger partial charge in [0.1, 0.15) is 11.6 Å². The van der Waals surface area contributed by atoms with Crippen LogP contribution in [0.15, 0.2) is 103 Å². The summed E-state index contributed by atoms with van der Waals surface area (Å²) >= 11 is 0. The van der Waals surface area contributed by atoms with Crippen LogP contribution in [0, 0.1) is 17.8 Å². The van der Waals surface area contributed by atoms with Crippen molar-refractivity contribution in [3.63, 3.8) is 0 Å². The Morgan fingerprint density at radius 2 is 1.53 bits per heavy atom. The van der Waals surface area contributed by atoms with E-state index in [0.29, 0.717) is 24.2 Å². The molecule has 8 heteroatoms. The third-order valence-corrected chi connectivity index (χ3v) is 10.3. The fraction of sp³-hybridized carbons (Fsp3) is 0.324. The summed E-state index contributed by atoms with van der Waals surface area (Å²) in [5, 5.41) is 18.8. The molecular weight excluding hydrogens is 566 g/mol. The topological polar surface area (TPSA) is 108 Å². The van der Waals surface area contributed by atoms with Gasteiger partial charge in [-0.1, -0.05) is 85.8 Å². The zero-order chi connectivity index (χ0) is 31.3. The molecule has 3 aliphatic rings. The van der Waals surface area contributed by atoms with Crippen LogP contribution in [0.2, 0.25) is 0 Å². The highest BCUT2D eigenvalue weighted by atomic mass is 16.5. The minimum Gasteiger partial charge on any atom is -0.394 e. The van der Waals surface area contributed by atoms with E-state index < -0.39 is 41.0 Å². The van der Waals surface area contributed by atoms with Crippen LogP contribution in [0.1, 0.15) is 25.8 Å². The van der Waals surface area contributed by atoms with Gasteiger partial charge < -0.3 is 25.4 Å². The summed E-state index contributed by atoms with van der Waals surface area (Å²) in [6.07, 6.45) is 0.782. The maximum absolute atomic E-state index is 14.7. The van der Waals surface area contributed by atoms with E-state index in [1.807, 2.05) is 105 Å². The summed E-state index contributed by atoms with van der Waals surface area (Å²) in [7, 11) is 0. The van der Waals surface area contributed by atoms with Gasteiger partial charge in [0.2, 0.25) is 17.7 Å². The highest BCUT2D eigenvalue weighted by Crippen LogP contribution is 2.65. The van der Waals surface area contributed by atoms with Gasteiger partial charge in [0.05, 0.1) is 30.1 Å². The highest BCUT2D eigenvalue weighted by Gasteiger charge is 2.80. The molecule has 1 spiro atoms. The molecule has 3 fully saturated rings. The second-order valence-corrected chi connectivity index (χ2v) is 12.9. The largest absolute Gasteiger partial charge is 0.394 e. The van der Waals surface area contributed by atoms with Gasteiger partial charge in [-0.25, -0.2) is 0 Å². The number of amides is 3. The van der Waals surface area contributed by atoms with Crippen LogP contribution in [0.3, 0.4) is 0 Å². The van der Waals surface area contributed by atoms with Gasteiger partial charge in [0.15, 0.2) is 0 Å². The number of nitrogens with one attached hydrogen (secondary N) is 2. The van der Waals surface area contributed by atoms with Gasteiger partial charge in [-0.2, -0.15) is 0 Å². The molecule has 230 valence electrons. The van der Waals surface area contributed by atoms with E-state index in [4.69, 9.17) is 4.74 Å². The number of rotatable bonds is 8. The van der Waals surface area contributed by atoms with E-state index in [1.54, 1.807) is 12.1 Å². The predicted molar refractivity (Wildman–Crippen MR) is 172 cm³/mol. The first-order chi connectivity index (χ1) is 21.7. The number of fused-ring (bicyclic) bond motifs is 2. The lowest BCUT2D eigenvalue weighted by molar-refractivity contribution is -0.147. The molecule has 45 heavy (non-hydrogen) atoms. The molecule has 3 N–H and O–H groups in total. The minimum absolute atomic E-state index is 0.106. The third-order valence-electron chi connectivity index (χ3n) is 10.3. The number of anilines is 2. The Morgan fingerprint density at radius 3 is 2.24 bits per heavy atom. The molecule has 3 heterocycles. The Bertz CT molecular complexity index is 1760. The summed E-state index contributed by atoms with van der Waals surface area (Å²) in [5.74, 6) is -2.87. The van der Waals surface area contributed by atoms with Gasteiger partial charge in [0, 0.05) is 11.4 Å². The average Bonchev–Trinajstić information content (AvgIpc) is 3.57. The molecule has 3 amide bonds. The molecule has 3 saturated heterocycles. The minimum atomic E-state index is -1.24. The van der Waals surface area contributed by atoms with Gasteiger partial charge in [0.25, 0.3) is 0 Å². The molecule has 4 aromatic rings. The fourth-order valence-corrected chi connectivity index (χ4v) is 8.13. The summed E-state index contributed by atoms with van der Waals surface area (Å²) in [4.78, 5) is 44.8. The van der Waals surface area contributed by atoms with Crippen LogP contribution in [-0.2, 0) is 25.5 Å². The number of carbonyl (C=O) groups is 3. The molecule has 7 rings (SSSR count). The molecule has 8 nitrogen and oxygen atoms in total. The van der Waals surface area contributed by atoms with Crippen molar-refractivity contribution in [2.24, 2.45) is 17.8 Å². The quantitative estimate of drug-likeness (QED) is 0.262. The maximum atomic E-state index is 14.7. The number of ether oxygens (including phenoxy) is 1. The smallest absolute Gasteiger partial charge is 0.250 e. The SMILES string of the molecule is CC1CC23O[C@]1(C)[C@@H](C(=O)Nc1ccccc1)[C@H]2C(=O)N([C@@H](CO)Cc1ccccc1)C3C(=O)Nc1ccc2ccccc2c1. The van der Waals surface area contributed by atoms with Crippen LogP contribution in [-0.4, -0.2) is 57.6 Å². The summed E-state index contributed by atoms with van der Waals surface area (Å²) in [6.45, 7) is 3.56. The van der Waals surface area contributed by atoms with Crippen molar-refractivity contribution in [1.29, 1.82) is 0 Å². The maximum Gasteiger partial charge on any atom is 0.250 e. The standard InChI is InChI=1S/C37H37N3O5/c1-23-21-37-31(30(36(23,2)45-37)33(42)38-27-15-7-4-8-16-27)35(44)40(29(22-41)19-24-11-5-3-6-12-24)32(37)34(43)39-28-18-17-25-13-9-10-14-26(25)20-28/h3-18,20,23,29-32,41H,19,21-22H2,1-2H3,(H,38,42)(H,39,43)/t23?,29-,30-,31+,32?,36+,37?/m1/s1. The van der Waals surface area contributed by atoms with E-state index in [0.717, 1.165) is 16.3 Å². The molecule has 0 aromatic heterocycles. The highest BCUT2D eigenvalue weighted by molar-refractivity contribution is 6.06. The van der Waals surface area contributed by atoms with E-state index in [-0.39, 0.29) is 24.3 Å². The predicted octanol–water partition coefficient (Wildman–Crippen LogP) is 5.03. The van der Waals surface area contributed by atoms with Gasteiger partial charge in [-0.15, -0.1) is 0 Å². The van der Waals surface area contributed by atoms with Crippen molar-refractivity contribution < 1.29 is 24.2 Å². The molecule has 0 radical (unpaired) electrons. The molecule has 3 aliphatic heterocycles. The third kappa shape index (κ3) is 4.71. The van der Waals surface area contributed by atoms with E-state index in [9.17, 15) is 19.5 Å². The molecule has 3 unspecified atom stereocenters. The Hall–Kier alpha value is -4.53. The monoisotopic (exact) mass is 603 g/mol. The van der Waals surface area contributed by atoms with Crippen LogP contribution in [0.4, 0.5) is 11.4 Å². The van der Waals surface area contributed by atoms with Crippen LogP contribution in [0.25, 0.3) is 10.8 Å². The second-order valence-electron chi connectivity index (χ2n) is 12.9. The molecular formula is C37H37N3O5. The van der Waals surface area contributed by atoms with Gasteiger partial charge in [-0.05, 0) is 66.3 Å². The van der Waals surface area contributed by atoms with Crippen LogP contribution < -0.4 is 10.6 Å². The van der Waals surface area contributed by atoms with Crippen molar-refractivity contribution in [3.05, 3.63) is 109 Å². The summed E-state index contributed by atoms with van der Waals surface area (Å²) in [5.41, 5.74) is -0.0485. The van der Waals surface area contributed by atoms with Gasteiger partial charge in [-0.3, -0.25) is 14.4 Å². The number of nitrogens with zero attached hydrogens (tertiary/aromatic N) is 1. The van der Waals surface area contributed by atoms with Crippen LogP contribution >= 0.6 is 0 Å². The molecule has 7 atom stereocenters. The van der Waals surface area contributed by atoms with Crippen molar-refractivity contribution in [3.8, 4) is 0 Å². The fourth-order valence-electron chi connectivity index (χ4n) is 8.13. The molecule has 0 aliphatic carbocycles. The number of likely N-dealkylation sites (tertiary alicyclic amines) is 1. The second kappa shape index (κ2) is 11.1. The normalized spacial score (nSPS) is 29.0. The number of aliphatic hydroxyl groups excluding tert-OH is 1. The Balaban J connectivity index is 1.30. The van der Waals surface area contributed by atoms with Gasteiger partial charge >= 0.3 is 0 Å². The first kappa shape index (κ1) is 29.2. The zero-order valence-corrected chi connectivity index (χ0v) is 25.4. The number of hydrogen-bond acceptors (Lipinski definition) is 5. The van der Waals surface area contributed by atoms with Crippen molar-refractivity contribution >= 4 is 39.9 Å². The number of hydrogen-bond donors (Lipinski definition) is 3. The zero-order valence-electron chi connectivity index (χ0n) is 25.4. The number of aliphatic hydroxyl groups is 1. The Kier molecular flexibility index (Phi) is 7.22. The van der Waals surface area contributed by atoms with Crippen molar-refractivity contribution in [2.45, 2.75) is 50.0 Å². The molecule has 2 bridgehead atoms. The lowest BCUT2D eigenvalue weighted by Gasteiger charge is -2.37. The number of para-hydroxylation sites is 1. The van der Waals surface area contributed by atoms with Crippen LogP contribution in [0.5, 0.6) is 0 Å². The van der Waals surface area contributed by atoms with E-state index in [1.165, 1.54) is 4.90 Å². The molecule has 0 saturated carbocycles. The van der Waals surface area contributed by atoms with Crippen molar-refractivity contribution in [1.82, 2.24) is 4.90 Å².